The number of halogens is 4. The largest absolute Gasteiger partial charge is 2.00 e. The van der Waals surface area contributed by atoms with Gasteiger partial charge < -0.3 is 19.5 Å². The molecule has 1 N–H and O–H groups in total. The average molecular weight is 854 g/mol. The fourth-order valence-electron chi connectivity index (χ4n) is 5.97. The van der Waals surface area contributed by atoms with Crippen molar-refractivity contribution >= 4 is 35.1 Å². The molecule has 287 valence electrons. The zero-order valence-electron chi connectivity index (χ0n) is 27.5. The van der Waals surface area contributed by atoms with Crippen LogP contribution in [0.25, 0.3) is 0 Å². The molecule has 2 bridgehead atoms. The summed E-state index contributed by atoms with van der Waals surface area (Å²) in [5, 5.41) is 27.5. The van der Waals surface area contributed by atoms with Crippen LogP contribution in [0.5, 0.6) is 0 Å². The SMILES string of the molecule is CC#N.CC#N.COC(=O)[C@@]12CN(C)C[C@@](C(=O)OC)(C1O)[C@H](c1cc(Cl)ccn1)N(C)[C@@H]2c1cc(Cl)ccn1.[Cu+2].[O-][Cl+3]([O-])([O-])[O-].[O-][Cl+3]([O-])([O-])[O-]. The number of esters is 2. The molecule has 4 heterocycles. The molecule has 0 amide bonds. The molecule has 1 unspecified atom stereocenters. The van der Waals surface area contributed by atoms with Gasteiger partial charge in [0.1, 0.15) is 10.8 Å². The van der Waals surface area contributed by atoms with Crippen LogP contribution in [0.4, 0.5) is 0 Å². The van der Waals surface area contributed by atoms with E-state index in [-0.39, 0.29) is 30.2 Å². The number of nitriles is 2. The van der Waals surface area contributed by atoms with E-state index in [1.54, 1.807) is 50.5 Å². The third kappa shape index (κ3) is 14.1. The van der Waals surface area contributed by atoms with Gasteiger partial charge in [0.15, 0.2) is 0 Å². The third-order valence-electron chi connectivity index (χ3n) is 7.01. The molecule has 2 saturated heterocycles. The maximum absolute atomic E-state index is 13.5. The molecule has 0 aromatic carbocycles. The van der Waals surface area contributed by atoms with E-state index in [1.807, 2.05) is 9.80 Å². The summed E-state index contributed by atoms with van der Waals surface area (Å²) >= 11 is 12.6. The number of carbonyl (C=O) groups is 2. The quantitative estimate of drug-likeness (QED) is 0.221. The molecule has 0 aliphatic carbocycles. The molecule has 2 aliphatic heterocycles. The van der Waals surface area contributed by atoms with Crippen molar-refractivity contribution in [3.63, 3.8) is 0 Å². The standard InChI is InChI=1S/C23H26Cl2N4O5.2C2H3N.2ClHO4.Cu/c1-28-11-22(20(31)33-3)17(15-9-13(24)5-7-26-15)29(2)18(16-10-14(25)6-8-27-16)23(12-28,19(22)30)21(32)34-4;2*1-2-3;2*2-1(3,4)5;/h5-10,17-19,30H,11-12H2,1-4H3;2*1H3;2*(H,2,3,4,5);/q;;;;;+2/p-2/t17-,18+,19?,22-,23+;;;;;. The van der Waals surface area contributed by atoms with E-state index >= 15 is 0 Å². The van der Waals surface area contributed by atoms with Gasteiger partial charge in [-0.05, 0) is 38.4 Å². The molecule has 51 heavy (non-hydrogen) atoms. The number of pyridine rings is 2. The Labute approximate surface area is 317 Å². The predicted octanol–water partition coefficient (Wildman–Crippen LogP) is -6.32. The van der Waals surface area contributed by atoms with E-state index < -0.39 is 61.4 Å². The number of piperidine rings is 2. The minimum atomic E-state index is -4.94. The third-order valence-corrected chi connectivity index (χ3v) is 7.48. The minimum absolute atomic E-state index is 0. The van der Waals surface area contributed by atoms with Gasteiger partial charge in [-0.25, -0.2) is 37.3 Å². The molecule has 2 aromatic rings. The van der Waals surface area contributed by atoms with E-state index in [4.69, 9.17) is 80.5 Å². The molecule has 19 nitrogen and oxygen atoms in total. The number of methoxy groups -OCH3 is 2. The number of carbonyl (C=O) groups excluding carboxylic acids is 2. The first-order valence-corrected chi connectivity index (χ1v) is 16.5. The van der Waals surface area contributed by atoms with Gasteiger partial charge in [-0.15, -0.1) is 20.5 Å². The van der Waals surface area contributed by atoms with Crippen LogP contribution in [0.2, 0.25) is 10.0 Å². The van der Waals surface area contributed by atoms with Gasteiger partial charge in [-0.1, -0.05) is 23.2 Å². The van der Waals surface area contributed by atoms with Crippen LogP contribution in [0.15, 0.2) is 36.7 Å². The molecule has 0 saturated carbocycles. The van der Waals surface area contributed by atoms with E-state index in [0.29, 0.717) is 21.4 Å². The van der Waals surface area contributed by atoms with E-state index in [1.165, 1.54) is 40.5 Å². The summed E-state index contributed by atoms with van der Waals surface area (Å²) < 4.78 is 78.4. The van der Waals surface area contributed by atoms with Gasteiger partial charge in [0.25, 0.3) is 0 Å². The summed E-state index contributed by atoms with van der Waals surface area (Å²) in [6, 6.07) is 8.39. The number of hydrogen-bond acceptors (Lipinski definition) is 19. The molecular weight excluding hydrogens is 822 g/mol. The summed E-state index contributed by atoms with van der Waals surface area (Å²) in [7, 11) is -3.85. The first kappa shape index (κ1) is 50.6. The zero-order chi connectivity index (χ0) is 39.3. The van der Waals surface area contributed by atoms with Crippen molar-refractivity contribution in [2.45, 2.75) is 32.0 Å². The molecule has 2 aromatic heterocycles. The summed E-state index contributed by atoms with van der Waals surface area (Å²) in [6.07, 6.45) is 1.57. The summed E-state index contributed by atoms with van der Waals surface area (Å²) in [4.78, 5) is 39.7. The van der Waals surface area contributed by atoms with Crippen LogP contribution >= 0.6 is 23.2 Å². The Morgan fingerprint density at radius 3 is 1.33 bits per heavy atom. The zero-order valence-corrected chi connectivity index (χ0v) is 31.4. The van der Waals surface area contributed by atoms with Gasteiger partial charge >= 0.3 is 29.0 Å². The number of fused-ring (bicyclic) bond motifs is 2. The Morgan fingerprint density at radius 1 is 0.824 bits per heavy atom. The van der Waals surface area contributed by atoms with Crippen LogP contribution in [0.3, 0.4) is 0 Å². The topological polar surface area (TPSA) is 337 Å². The van der Waals surface area contributed by atoms with Crippen LogP contribution in [0.1, 0.15) is 37.3 Å². The first-order valence-electron chi connectivity index (χ1n) is 13.3. The number of aliphatic hydroxyl groups excluding tert-OH is 1. The van der Waals surface area contributed by atoms with Crippen molar-refractivity contribution in [1.82, 2.24) is 19.8 Å². The Hall–Kier alpha value is -2.54. The van der Waals surface area contributed by atoms with Crippen molar-refractivity contribution in [3.8, 4) is 12.1 Å². The van der Waals surface area contributed by atoms with E-state index in [0.717, 1.165) is 0 Å². The van der Waals surface area contributed by atoms with Crippen molar-refractivity contribution in [2.24, 2.45) is 10.8 Å². The van der Waals surface area contributed by atoms with Gasteiger partial charge in [0.05, 0.1) is 55.9 Å². The summed E-state index contributed by atoms with van der Waals surface area (Å²) in [5.41, 5.74) is -2.28. The Balaban J connectivity index is 0. The predicted molar refractivity (Wildman–Crippen MR) is 147 cm³/mol. The molecule has 5 atom stereocenters. The van der Waals surface area contributed by atoms with Crippen LogP contribution in [-0.2, 0) is 36.1 Å². The second-order valence-electron chi connectivity index (χ2n) is 10.1. The number of likely N-dealkylation sites (tertiary alicyclic amines) is 2. The molecular formula is C27H32Cl4CuN6O13. The van der Waals surface area contributed by atoms with Gasteiger partial charge in [-0.2, -0.15) is 10.5 Å². The van der Waals surface area contributed by atoms with Gasteiger partial charge in [0.2, 0.25) is 0 Å². The number of rotatable bonds is 4. The molecule has 1 radical (unpaired) electrons. The molecule has 24 heteroatoms. The average Bonchev–Trinajstić information content (AvgIpc) is 2.97. The van der Waals surface area contributed by atoms with Crippen molar-refractivity contribution in [1.29, 1.82) is 10.5 Å². The van der Waals surface area contributed by atoms with Gasteiger partial charge in [-0.3, -0.25) is 24.5 Å². The minimum Gasteiger partial charge on any atom is -0.468 e. The monoisotopic (exact) mass is 851 g/mol. The molecule has 4 rings (SSSR count). The van der Waals surface area contributed by atoms with E-state index in [2.05, 4.69) is 9.97 Å². The fourth-order valence-corrected chi connectivity index (χ4v) is 6.31. The number of hydrogen-bond donors (Lipinski definition) is 1. The normalized spacial score (nSPS) is 23.8. The van der Waals surface area contributed by atoms with E-state index in [9.17, 15) is 14.7 Å². The Morgan fingerprint density at radius 2 is 1.10 bits per heavy atom. The first-order chi connectivity index (χ1) is 23.0. The molecule has 2 fully saturated rings. The number of nitrogens with zero attached hydrogens (tertiary/aromatic N) is 6. The second-order valence-corrected chi connectivity index (χ2v) is 12.5. The van der Waals surface area contributed by atoms with Crippen LogP contribution in [-0.4, -0.2) is 84.3 Å². The summed E-state index contributed by atoms with van der Waals surface area (Å²) in [5.74, 6) is -1.34. The second kappa shape index (κ2) is 21.9. The van der Waals surface area contributed by atoms with Gasteiger partial charge in [0, 0.05) is 49.4 Å². The smallest absolute Gasteiger partial charge is 0.468 e. The van der Waals surface area contributed by atoms with Crippen molar-refractivity contribution < 1.29 is 99.0 Å². The number of aromatic nitrogens is 2. The van der Waals surface area contributed by atoms with Crippen molar-refractivity contribution in [2.75, 3.05) is 41.4 Å². The van der Waals surface area contributed by atoms with Crippen LogP contribution < -0.4 is 37.3 Å². The Bertz CT molecular complexity index is 1390. The number of aliphatic hydroxyl groups is 1. The maximum Gasteiger partial charge on any atom is 2.00 e. The number of ether oxygens (including phenoxy) is 2. The van der Waals surface area contributed by atoms with Crippen LogP contribution in [0, 0.1) is 54.0 Å². The van der Waals surface area contributed by atoms with Crippen molar-refractivity contribution in [3.05, 3.63) is 58.1 Å². The Kier molecular flexibility index (Phi) is 21.7. The summed E-state index contributed by atoms with van der Waals surface area (Å²) in [6.45, 7) is 3.08. The maximum atomic E-state index is 13.5. The fraction of sp³-hybridized carbons (Fsp3) is 0.481. The molecule has 2 aliphatic rings. The molecule has 0 spiro atoms.